The fourth-order valence-electron chi connectivity index (χ4n) is 0. The molecule has 120 valence electrons. The number of alkyl halides is 6. The number of halogens is 6. The highest BCUT2D eigenvalue weighted by atomic mass is 19.4. The first-order chi connectivity index (χ1) is 8.53. The Balaban J connectivity index is -0.000000218. The zero-order valence-corrected chi connectivity index (χ0v) is 10.0. The van der Waals surface area contributed by atoms with E-state index in [2.05, 4.69) is 0 Å². The number of carboxylic acids is 2. The molecule has 12 heteroatoms. The molecule has 0 rings (SSSR count). The lowest BCUT2D eigenvalue weighted by Crippen LogP contribution is -2.21. The number of hydrogen-bond donors (Lipinski definition) is 3. The van der Waals surface area contributed by atoms with Gasteiger partial charge in [-0.25, -0.2) is 9.59 Å². The van der Waals surface area contributed by atoms with Crippen LogP contribution in [0.2, 0.25) is 0 Å². The van der Waals surface area contributed by atoms with Crippen molar-refractivity contribution >= 4 is 17.8 Å². The van der Waals surface area contributed by atoms with E-state index in [0.29, 0.717) is 0 Å². The van der Waals surface area contributed by atoms with Crippen molar-refractivity contribution in [3.05, 3.63) is 0 Å². The second kappa shape index (κ2) is 8.98. The van der Waals surface area contributed by atoms with Crippen LogP contribution in [0.4, 0.5) is 26.3 Å². The van der Waals surface area contributed by atoms with Gasteiger partial charge >= 0.3 is 24.3 Å². The molecular weight excluding hydrogens is 304 g/mol. The summed E-state index contributed by atoms with van der Waals surface area (Å²) in [6, 6.07) is 0. The van der Waals surface area contributed by atoms with E-state index in [9.17, 15) is 31.1 Å². The zero-order valence-electron chi connectivity index (χ0n) is 10.0. The Kier molecular flexibility index (Phi) is 10.4. The molecule has 0 bridgehead atoms. The molecule has 0 saturated carbocycles. The molecule has 1 amide bonds. The first-order valence-corrected chi connectivity index (χ1v) is 4.43. The number of rotatable bonds is 1. The van der Waals surface area contributed by atoms with E-state index in [4.69, 9.17) is 25.5 Å². The van der Waals surface area contributed by atoms with E-state index in [1.54, 1.807) is 13.8 Å². The van der Waals surface area contributed by atoms with Gasteiger partial charge in [0.15, 0.2) is 0 Å². The minimum Gasteiger partial charge on any atom is -0.475 e. The van der Waals surface area contributed by atoms with Crippen molar-refractivity contribution in [2.75, 3.05) is 0 Å². The molecule has 0 saturated heterocycles. The van der Waals surface area contributed by atoms with Crippen molar-refractivity contribution in [2.24, 2.45) is 11.7 Å². The molecule has 0 heterocycles. The molecule has 0 aromatic heterocycles. The molecule has 0 spiro atoms. The second-order valence-electron chi connectivity index (χ2n) is 3.16. The SMILES string of the molecule is CC(C)C(N)=O.O=C(O)C(F)(F)F.O=C(O)C(F)(F)F. The summed E-state index contributed by atoms with van der Waals surface area (Å²) in [4.78, 5) is 27.7. The lowest BCUT2D eigenvalue weighted by Gasteiger charge is -1.93. The first-order valence-electron chi connectivity index (χ1n) is 4.43. The molecule has 0 fully saturated rings. The third-order valence-electron chi connectivity index (χ3n) is 1.05. The minimum absolute atomic E-state index is 0.00926. The van der Waals surface area contributed by atoms with Gasteiger partial charge in [0.05, 0.1) is 0 Å². The van der Waals surface area contributed by atoms with Gasteiger partial charge in [0.1, 0.15) is 0 Å². The smallest absolute Gasteiger partial charge is 0.475 e. The summed E-state index contributed by atoms with van der Waals surface area (Å²) in [5.41, 5.74) is 4.80. The van der Waals surface area contributed by atoms with Gasteiger partial charge in [-0.05, 0) is 0 Å². The highest BCUT2D eigenvalue weighted by Gasteiger charge is 2.38. The van der Waals surface area contributed by atoms with E-state index in [1.165, 1.54) is 0 Å². The normalized spacial score (nSPS) is 10.7. The Morgan fingerprint density at radius 1 is 0.850 bits per heavy atom. The first kappa shape index (κ1) is 23.1. The van der Waals surface area contributed by atoms with Crippen LogP contribution in [0, 0.1) is 5.92 Å². The number of aliphatic carboxylic acids is 2. The van der Waals surface area contributed by atoms with Crippen LogP contribution in [0.25, 0.3) is 0 Å². The maximum Gasteiger partial charge on any atom is 0.490 e. The van der Waals surface area contributed by atoms with Crippen LogP contribution in [-0.2, 0) is 14.4 Å². The predicted molar refractivity (Wildman–Crippen MR) is 51.4 cm³/mol. The van der Waals surface area contributed by atoms with Crippen LogP contribution < -0.4 is 5.73 Å². The molecule has 6 nitrogen and oxygen atoms in total. The summed E-state index contributed by atoms with van der Waals surface area (Å²) in [6.45, 7) is 3.53. The Bertz CT molecular complexity index is 311. The summed E-state index contributed by atoms with van der Waals surface area (Å²) < 4.78 is 63.5. The zero-order chi connectivity index (χ0) is 17.3. The maximum atomic E-state index is 10.6. The van der Waals surface area contributed by atoms with Gasteiger partial charge in [-0.2, -0.15) is 26.3 Å². The van der Waals surface area contributed by atoms with Gasteiger partial charge in [-0.15, -0.1) is 0 Å². The van der Waals surface area contributed by atoms with Crippen molar-refractivity contribution in [3.8, 4) is 0 Å². The number of nitrogens with two attached hydrogens (primary N) is 1. The van der Waals surface area contributed by atoms with Gasteiger partial charge in [-0.1, -0.05) is 13.8 Å². The van der Waals surface area contributed by atoms with Gasteiger partial charge < -0.3 is 15.9 Å². The molecular formula is C8H11F6NO5. The quantitative estimate of drug-likeness (QED) is 0.632. The lowest BCUT2D eigenvalue weighted by atomic mass is 10.2. The third-order valence-corrected chi connectivity index (χ3v) is 1.05. The molecule has 0 aliphatic carbocycles. The average molecular weight is 315 g/mol. The molecule has 0 radical (unpaired) electrons. The summed E-state index contributed by atoms with van der Waals surface area (Å²) in [5.74, 6) is -5.76. The van der Waals surface area contributed by atoms with Gasteiger partial charge in [0.25, 0.3) is 0 Å². The van der Waals surface area contributed by atoms with E-state index in [0.717, 1.165) is 0 Å². The maximum absolute atomic E-state index is 10.6. The molecule has 0 aromatic rings. The lowest BCUT2D eigenvalue weighted by molar-refractivity contribution is -0.193. The number of carboxylic acid groups (broad SMARTS) is 2. The number of hydrogen-bond acceptors (Lipinski definition) is 3. The topological polar surface area (TPSA) is 118 Å². The molecule has 20 heavy (non-hydrogen) atoms. The van der Waals surface area contributed by atoms with Gasteiger partial charge in [-0.3, -0.25) is 4.79 Å². The van der Waals surface area contributed by atoms with Crippen LogP contribution in [0.5, 0.6) is 0 Å². The Morgan fingerprint density at radius 2 is 0.950 bits per heavy atom. The average Bonchev–Trinajstić information content (AvgIpc) is 2.15. The highest BCUT2D eigenvalue weighted by Crippen LogP contribution is 2.13. The number of primary amides is 1. The van der Waals surface area contributed by atoms with Crippen molar-refractivity contribution in [1.29, 1.82) is 0 Å². The molecule has 0 aromatic carbocycles. The van der Waals surface area contributed by atoms with Gasteiger partial charge in [0, 0.05) is 5.92 Å². The highest BCUT2D eigenvalue weighted by molar-refractivity contribution is 5.75. The fourth-order valence-corrected chi connectivity index (χ4v) is 0. The standard InChI is InChI=1S/C4H9NO.2C2HF3O2/c1-3(2)4(5)6;2*3-2(4,5)1(6)7/h3H,1-2H3,(H2,5,6);2*(H,6,7). The fraction of sp³-hybridized carbons (Fsp3) is 0.625. The van der Waals surface area contributed by atoms with E-state index in [-0.39, 0.29) is 11.8 Å². The molecule has 0 atom stereocenters. The summed E-state index contributed by atoms with van der Waals surface area (Å²) in [6.07, 6.45) is -10.2. The molecule has 0 aliphatic heterocycles. The van der Waals surface area contributed by atoms with Crippen LogP contribution in [-0.4, -0.2) is 40.4 Å². The second-order valence-corrected chi connectivity index (χ2v) is 3.16. The Hall–Kier alpha value is -2.01. The third kappa shape index (κ3) is 18.4. The molecule has 0 unspecified atom stereocenters. The van der Waals surface area contributed by atoms with Crippen molar-refractivity contribution in [1.82, 2.24) is 0 Å². The molecule has 4 N–H and O–H groups in total. The van der Waals surface area contributed by atoms with Crippen LogP contribution in [0.1, 0.15) is 13.8 Å². The summed E-state index contributed by atoms with van der Waals surface area (Å²) in [5, 5.41) is 14.2. The predicted octanol–water partition coefficient (Wildman–Crippen LogP) is 1.39. The van der Waals surface area contributed by atoms with E-state index >= 15 is 0 Å². The Morgan fingerprint density at radius 3 is 0.950 bits per heavy atom. The van der Waals surface area contributed by atoms with Crippen LogP contribution in [0.3, 0.4) is 0 Å². The van der Waals surface area contributed by atoms with Crippen molar-refractivity contribution in [2.45, 2.75) is 26.2 Å². The van der Waals surface area contributed by atoms with Gasteiger partial charge in [0.2, 0.25) is 5.91 Å². The minimum atomic E-state index is -5.08. The monoisotopic (exact) mass is 315 g/mol. The van der Waals surface area contributed by atoms with Crippen molar-refractivity contribution < 1.29 is 50.9 Å². The van der Waals surface area contributed by atoms with Crippen LogP contribution >= 0.6 is 0 Å². The number of carbonyl (C=O) groups is 3. The van der Waals surface area contributed by atoms with Crippen LogP contribution in [0.15, 0.2) is 0 Å². The van der Waals surface area contributed by atoms with E-state index < -0.39 is 24.3 Å². The largest absolute Gasteiger partial charge is 0.490 e. The molecule has 0 aliphatic rings. The number of carbonyl (C=O) groups excluding carboxylic acids is 1. The van der Waals surface area contributed by atoms with E-state index in [1.807, 2.05) is 0 Å². The number of amides is 1. The summed E-state index contributed by atoms with van der Waals surface area (Å²) in [7, 11) is 0. The summed E-state index contributed by atoms with van der Waals surface area (Å²) >= 11 is 0. The Labute approximate surface area is 108 Å². The van der Waals surface area contributed by atoms with Crippen molar-refractivity contribution in [3.63, 3.8) is 0 Å².